The second-order valence-corrected chi connectivity index (χ2v) is 5.71. The molecule has 2 nitrogen and oxygen atoms in total. The van der Waals surface area contributed by atoms with Crippen LogP contribution in [0.1, 0.15) is 11.3 Å². The van der Waals surface area contributed by atoms with Crippen LogP contribution in [0.2, 0.25) is 5.15 Å². The number of halogens is 4. The molecule has 3 aromatic rings. The fraction of sp³-hybridized carbons (Fsp3) is 0.111. The van der Waals surface area contributed by atoms with Gasteiger partial charge in [0, 0.05) is 17.5 Å². The van der Waals surface area contributed by atoms with Gasteiger partial charge in [0.2, 0.25) is 0 Å². The van der Waals surface area contributed by atoms with E-state index in [2.05, 4.69) is 9.97 Å². The Kier molecular flexibility index (Phi) is 4.28. The topological polar surface area (TPSA) is 25.8 Å². The summed E-state index contributed by atoms with van der Waals surface area (Å²) in [7, 11) is 0. The lowest BCUT2D eigenvalue weighted by atomic mass is 10.0. The maximum atomic E-state index is 12.7. The minimum atomic E-state index is -4.34. The van der Waals surface area contributed by atoms with Crippen LogP contribution in [-0.2, 0) is 6.18 Å². The van der Waals surface area contributed by atoms with Gasteiger partial charge in [-0.05, 0) is 54.4 Å². The Labute approximate surface area is 142 Å². The molecule has 0 fully saturated rings. The van der Waals surface area contributed by atoms with Crippen LogP contribution in [0.25, 0.3) is 22.4 Å². The first kappa shape index (κ1) is 16.5. The van der Waals surface area contributed by atoms with Crippen molar-refractivity contribution in [3.63, 3.8) is 0 Å². The van der Waals surface area contributed by atoms with Crippen LogP contribution in [0, 0.1) is 6.92 Å². The van der Waals surface area contributed by atoms with E-state index >= 15 is 0 Å². The second kappa shape index (κ2) is 6.24. The number of rotatable bonds is 2. The molecule has 3 rings (SSSR count). The van der Waals surface area contributed by atoms with Crippen molar-refractivity contribution in [3.05, 3.63) is 71.1 Å². The van der Waals surface area contributed by atoms with Crippen molar-refractivity contribution in [2.75, 3.05) is 0 Å². The SMILES string of the molecule is Cc1cc(-c2ccc(C(F)(F)F)cc2)cc(-c2ccnc(Cl)c2)n1. The summed E-state index contributed by atoms with van der Waals surface area (Å²) >= 11 is 5.91. The summed E-state index contributed by atoms with van der Waals surface area (Å²) in [5.74, 6) is 0. The van der Waals surface area contributed by atoms with Crippen LogP contribution < -0.4 is 0 Å². The van der Waals surface area contributed by atoms with E-state index in [4.69, 9.17) is 11.6 Å². The van der Waals surface area contributed by atoms with Crippen LogP contribution in [0.15, 0.2) is 54.7 Å². The van der Waals surface area contributed by atoms with Crippen molar-refractivity contribution < 1.29 is 13.2 Å². The molecule has 0 unspecified atom stereocenters. The molecule has 0 aliphatic heterocycles. The third-order valence-corrected chi connectivity index (χ3v) is 3.73. The lowest BCUT2D eigenvalue weighted by Gasteiger charge is -2.10. The summed E-state index contributed by atoms with van der Waals surface area (Å²) < 4.78 is 38.0. The van der Waals surface area contributed by atoms with Crippen molar-refractivity contribution in [2.45, 2.75) is 13.1 Å². The molecule has 0 amide bonds. The summed E-state index contributed by atoms with van der Waals surface area (Å²) in [4.78, 5) is 8.39. The summed E-state index contributed by atoms with van der Waals surface area (Å²) in [5, 5.41) is 0.354. The van der Waals surface area contributed by atoms with Crippen molar-refractivity contribution in [1.82, 2.24) is 9.97 Å². The molecular formula is C18H12ClF3N2. The van der Waals surface area contributed by atoms with E-state index in [0.717, 1.165) is 29.0 Å². The van der Waals surface area contributed by atoms with Gasteiger partial charge in [-0.2, -0.15) is 13.2 Å². The predicted octanol–water partition coefficient (Wildman–Crippen LogP) is 5.79. The van der Waals surface area contributed by atoms with Gasteiger partial charge in [0.15, 0.2) is 0 Å². The highest BCUT2D eigenvalue weighted by Crippen LogP contribution is 2.32. The molecule has 2 aromatic heterocycles. The van der Waals surface area contributed by atoms with Crippen LogP contribution in [0.3, 0.4) is 0 Å². The second-order valence-electron chi connectivity index (χ2n) is 5.32. The summed E-state index contributed by atoms with van der Waals surface area (Å²) in [6, 6.07) is 12.2. The van der Waals surface area contributed by atoms with E-state index < -0.39 is 11.7 Å². The molecule has 0 atom stereocenters. The molecule has 0 N–H and O–H groups in total. The lowest BCUT2D eigenvalue weighted by Crippen LogP contribution is -2.04. The van der Waals surface area contributed by atoms with Gasteiger partial charge in [-0.15, -0.1) is 0 Å². The number of hydrogen-bond acceptors (Lipinski definition) is 2. The van der Waals surface area contributed by atoms with Crippen LogP contribution in [0.5, 0.6) is 0 Å². The van der Waals surface area contributed by atoms with E-state index in [0.29, 0.717) is 16.4 Å². The normalized spacial score (nSPS) is 11.5. The van der Waals surface area contributed by atoms with Gasteiger partial charge in [0.05, 0.1) is 11.3 Å². The first-order chi connectivity index (χ1) is 11.3. The Morgan fingerprint density at radius 2 is 1.58 bits per heavy atom. The van der Waals surface area contributed by atoms with Crippen LogP contribution in [0.4, 0.5) is 13.2 Å². The van der Waals surface area contributed by atoms with Gasteiger partial charge in [0.25, 0.3) is 0 Å². The first-order valence-electron chi connectivity index (χ1n) is 7.11. The number of aryl methyl sites for hydroxylation is 1. The first-order valence-corrected chi connectivity index (χ1v) is 7.49. The lowest BCUT2D eigenvalue weighted by molar-refractivity contribution is -0.137. The number of nitrogens with zero attached hydrogens (tertiary/aromatic N) is 2. The zero-order valence-electron chi connectivity index (χ0n) is 12.6. The number of pyridine rings is 2. The Morgan fingerprint density at radius 1 is 0.875 bits per heavy atom. The average Bonchev–Trinajstić information content (AvgIpc) is 2.53. The van der Waals surface area contributed by atoms with Gasteiger partial charge < -0.3 is 0 Å². The number of alkyl halides is 3. The molecule has 0 saturated heterocycles. The molecule has 0 aliphatic rings. The Balaban J connectivity index is 2.03. The van der Waals surface area contributed by atoms with Crippen molar-refractivity contribution in [1.29, 1.82) is 0 Å². The average molecular weight is 349 g/mol. The third-order valence-electron chi connectivity index (χ3n) is 3.52. The molecule has 6 heteroatoms. The molecule has 2 heterocycles. The third kappa shape index (κ3) is 3.57. The molecule has 0 spiro atoms. The van der Waals surface area contributed by atoms with Gasteiger partial charge >= 0.3 is 6.18 Å². The minimum absolute atomic E-state index is 0.354. The van der Waals surface area contributed by atoms with Crippen molar-refractivity contribution >= 4 is 11.6 Å². The molecule has 0 aliphatic carbocycles. The number of aromatic nitrogens is 2. The summed E-state index contributed by atoms with van der Waals surface area (Å²) in [6.07, 6.45) is -2.76. The standard InChI is InChI=1S/C18H12ClF3N2/c1-11-8-14(12-2-4-15(5-3-12)18(20,21)22)9-16(24-11)13-6-7-23-17(19)10-13/h2-10H,1H3. The highest BCUT2D eigenvalue weighted by Gasteiger charge is 2.29. The highest BCUT2D eigenvalue weighted by molar-refractivity contribution is 6.29. The van der Waals surface area contributed by atoms with Crippen molar-refractivity contribution in [3.8, 4) is 22.4 Å². The molecule has 0 bridgehead atoms. The molecule has 122 valence electrons. The van der Waals surface area contributed by atoms with Gasteiger partial charge in [-0.25, -0.2) is 4.98 Å². The monoisotopic (exact) mass is 348 g/mol. The van der Waals surface area contributed by atoms with Crippen LogP contribution in [-0.4, -0.2) is 9.97 Å². The Hall–Kier alpha value is -2.40. The van der Waals surface area contributed by atoms with E-state index in [9.17, 15) is 13.2 Å². The zero-order chi connectivity index (χ0) is 17.3. The molecule has 0 radical (unpaired) electrons. The van der Waals surface area contributed by atoms with Crippen LogP contribution >= 0.6 is 11.6 Å². The van der Waals surface area contributed by atoms with Crippen molar-refractivity contribution in [2.24, 2.45) is 0 Å². The van der Waals surface area contributed by atoms with Gasteiger partial charge in [-0.1, -0.05) is 23.7 Å². The predicted molar refractivity (Wildman–Crippen MR) is 87.7 cm³/mol. The Bertz CT molecular complexity index is 874. The quantitative estimate of drug-likeness (QED) is 0.548. The number of hydrogen-bond donors (Lipinski definition) is 0. The van der Waals surface area contributed by atoms with Gasteiger partial charge in [-0.3, -0.25) is 4.98 Å². The summed E-state index contributed by atoms with van der Waals surface area (Å²) in [5.41, 5.74) is 3.06. The maximum Gasteiger partial charge on any atom is 0.416 e. The fourth-order valence-corrected chi connectivity index (χ4v) is 2.57. The molecular weight excluding hydrogens is 337 g/mol. The van der Waals surface area contributed by atoms with E-state index in [1.165, 1.54) is 12.1 Å². The summed E-state index contributed by atoms with van der Waals surface area (Å²) in [6.45, 7) is 1.83. The number of benzene rings is 1. The Morgan fingerprint density at radius 3 is 2.21 bits per heavy atom. The van der Waals surface area contributed by atoms with E-state index in [1.54, 1.807) is 18.3 Å². The largest absolute Gasteiger partial charge is 0.416 e. The molecule has 1 aromatic carbocycles. The highest BCUT2D eigenvalue weighted by atomic mass is 35.5. The fourth-order valence-electron chi connectivity index (χ4n) is 2.40. The van der Waals surface area contributed by atoms with E-state index in [1.807, 2.05) is 19.1 Å². The molecule has 0 saturated carbocycles. The molecule has 24 heavy (non-hydrogen) atoms. The maximum absolute atomic E-state index is 12.7. The minimum Gasteiger partial charge on any atom is -0.253 e. The van der Waals surface area contributed by atoms with E-state index in [-0.39, 0.29) is 0 Å². The smallest absolute Gasteiger partial charge is 0.253 e. The van der Waals surface area contributed by atoms with Gasteiger partial charge in [0.1, 0.15) is 5.15 Å². The zero-order valence-corrected chi connectivity index (χ0v) is 13.4.